The van der Waals surface area contributed by atoms with Crippen LogP contribution in [0.4, 0.5) is 0 Å². The van der Waals surface area contributed by atoms with E-state index in [-0.39, 0.29) is 0 Å². The molecule has 18 heavy (non-hydrogen) atoms. The Hall–Kier alpha value is -0.900. The second-order valence-corrected chi connectivity index (χ2v) is 6.71. The zero-order chi connectivity index (χ0) is 12.6. The van der Waals surface area contributed by atoms with Crippen molar-refractivity contribution in [2.24, 2.45) is 5.41 Å². The SMILES string of the molecule is O=C(O)C1(Cc2nc(C3CCCC3)cs2)CCC1. The molecule has 0 aromatic carbocycles. The molecule has 4 heteroatoms. The van der Waals surface area contributed by atoms with E-state index >= 15 is 0 Å². The fourth-order valence-electron chi connectivity index (χ4n) is 3.17. The van der Waals surface area contributed by atoms with Gasteiger partial charge < -0.3 is 5.11 Å². The number of carbonyl (C=O) groups is 1. The largest absolute Gasteiger partial charge is 0.481 e. The third kappa shape index (κ3) is 2.07. The predicted molar refractivity (Wildman–Crippen MR) is 70.9 cm³/mol. The van der Waals surface area contributed by atoms with E-state index in [0.29, 0.717) is 12.3 Å². The molecule has 3 rings (SSSR count). The van der Waals surface area contributed by atoms with Gasteiger partial charge in [0.15, 0.2) is 0 Å². The van der Waals surface area contributed by atoms with E-state index in [1.807, 2.05) is 0 Å². The molecule has 0 spiro atoms. The van der Waals surface area contributed by atoms with Gasteiger partial charge in [0.05, 0.1) is 16.1 Å². The van der Waals surface area contributed by atoms with Crippen molar-refractivity contribution in [1.29, 1.82) is 0 Å². The van der Waals surface area contributed by atoms with Crippen molar-refractivity contribution >= 4 is 17.3 Å². The van der Waals surface area contributed by atoms with E-state index in [1.165, 1.54) is 31.4 Å². The van der Waals surface area contributed by atoms with Crippen molar-refractivity contribution in [3.05, 3.63) is 16.1 Å². The van der Waals surface area contributed by atoms with Gasteiger partial charge in [-0.25, -0.2) is 4.98 Å². The van der Waals surface area contributed by atoms with Crippen molar-refractivity contribution in [1.82, 2.24) is 4.98 Å². The summed E-state index contributed by atoms with van der Waals surface area (Å²) in [6.07, 6.45) is 8.47. The van der Waals surface area contributed by atoms with Crippen LogP contribution in [0.25, 0.3) is 0 Å². The summed E-state index contributed by atoms with van der Waals surface area (Å²) in [6.45, 7) is 0. The maximum Gasteiger partial charge on any atom is 0.310 e. The molecule has 0 amide bonds. The summed E-state index contributed by atoms with van der Waals surface area (Å²) in [5, 5.41) is 12.5. The highest BCUT2D eigenvalue weighted by atomic mass is 32.1. The molecule has 2 saturated carbocycles. The topological polar surface area (TPSA) is 50.2 Å². The molecule has 0 radical (unpaired) electrons. The van der Waals surface area contributed by atoms with Gasteiger partial charge in [0.25, 0.3) is 0 Å². The van der Waals surface area contributed by atoms with E-state index in [9.17, 15) is 9.90 Å². The van der Waals surface area contributed by atoms with Crippen molar-refractivity contribution in [3.8, 4) is 0 Å². The monoisotopic (exact) mass is 265 g/mol. The number of hydrogen-bond acceptors (Lipinski definition) is 3. The van der Waals surface area contributed by atoms with Gasteiger partial charge in [-0.2, -0.15) is 0 Å². The molecular weight excluding hydrogens is 246 g/mol. The fraction of sp³-hybridized carbons (Fsp3) is 0.714. The van der Waals surface area contributed by atoms with Crippen LogP contribution in [-0.4, -0.2) is 16.1 Å². The Kier molecular flexibility index (Phi) is 3.14. The predicted octanol–water partition coefficient (Wildman–Crippen LogP) is 3.60. The first-order chi connectivity index (χ1) is 8.70. The molecule has 0 saturated heterocycles. The Morgan fingerprint density at radius 1 is 1.39 bits per heavy atom. The zero-order valence-electron chi connectivity index (χ0n) is 10.5. The second-order valence-electron chi connectivity index (χ2n) is 5.76. The van der Waals surface area contributed by atoms with Crippen LogP contribution >= 0.6 is 11.3 Å². The molecule has 2 aliphatic carbocycles. The maximum atomic E-state index is 11.3. The van der Waals surface area contributed by atoms with Crippen LogP contribution in [0.5, 0.6) is 0 Å². The Morgan fingerprint density at radius 2 is 2.11 bits per heavy atom. The van der Waals surface area contributed by atoms with Crippen LogP contribution in [0, 0.1) is 5.41 Å². The number of hydrogen-bond donors (Lipinski definition) is 1. The lowest BCUT2D eigenvalue weighted by molar-refractivity contribution is -0.154. The van der Waals surface area contributed by atoms with Gasteiger partial charge in [-0.15, -0.1) is 11.3 Å². The highest BCUT2D eigenvalue weighted by molar-refractivity contribution is 7.09. The first-order valence-electron chi connectivity index (χ1n) is 6.87. The van der Waals surface area contributed by atoms with Crippen molar-refractivity contribution < 1.29 is 9.90 Å². The molecular formula is C14H19NO2S. The maximum absolute atomic E-state index is 11.3. The standard InChI is InChI=1S/C14H19NO2S/c16-13(17)14(6-3-7-14)8-12-15-11(9-18-12)10-4-1-2-5-10/h9-10H,1-8H2,(H,16,17). The Morgan fingerprint density at radius 3 is 2.67 bits per heavy atom. The number of rotatable bonds is 4. The summed E-state index contributed by atoms with van der Waals surface area (Å²) in [6, 6.07) is 0. The number of carboxylic acid groups (broad SMARTS) is 1. The molecule has 3 nitrogen and oxygen atoms in total. The normalized spacial score (nSPS) is 22.9. The van der Waals surface area contributed by atoms with E-state index in [2.05, 4.69) is 5.38 Å². The first kappa shape index (κ1) is 12.2. The summed E-state index contributed by atoms with van der Waals surface area (Å²) in [4.78, 5) is 16.0. The van der Waals surface area contributed by atoms with Crippen molar-refractivity contribution in [2.75, 3.05) is 0 Å². The molecule has 2 fully saturated rings. The van der Waals surface area contributed by atoms with Gasteiger partial charge >= 0.3 is 5.97 Å². The van der Waals surface area contributed by atoms with E-state index < -0.39 is 11.4 Å². The molecule has 98 valence electrons. The van der Waals surface area contributed by atoms with Gasteiger partial charge in [0.2, 0.25) is 0 Å². The van der Waals surface area contributed by atoms with Gasteiger partial charge in [-0.05, 0) is 25.7 Å². The summed E-state index contributed by atoms with van der Waals surface area (Å²) < 4.78 is 0. The summed E-state index contributed by atoms with van der Waals surface area (Å²) in [5.41, 5.74) is 0.720. The number of aromatic nitrogens is 1. The number of thiazole rings is 1. The molecule has 1 aromatic heterocycles. The summed E-state index contributed by atoms with van der Waals surface area (Å²) in [7, 11) is 0. The average molecular weight is 265 g/mol. The highest BCUT2D eigenvalue weighted by Crippen LogP contribution is 2.45. The van der Waals surface area contributed by atoms with Crippen LogP contribution in [0.15, 0.2) is 5.38 Å². The zero-order valence-corrected chi connectivity index (χ0v) is 11.3. The van der Waals surface area contributed by atoms with E-state index in [1.54, 1.807) is 11.3 Å². The van der Waals surface area contributed by atoms with Crippen LogP contribution in [-0.2, 0) is 11.2 Å². The number of aliphatic carboxylic acids is 1. The van der Waals surface area contributed by atoms with Crippen LogP contribution in [0.2, 0.25) is 0 Å². The van der Waals surface area contributed by atoms with Crippen LogP contribution < -0.4 is 0 Å². The van der Waals surface area contributed by atoms with E-state index in [0.717, 1.165) is 24.3 Å². The minimum Gasteiger partial charge on any atom is -0.481 e. The molecule has 1 heterocycles. The van der Waals surface area contributed by atoms with Crippen LogP contribution in [0.3, 0.4) is 0 Å². The lowest BCUT2D eigenvalue weighted by Gasteiger charge is -2.36. The lowest BCUT2D eigenvalue weighted by atomic mass is 9.67. The molecule has 0 bridgehead atoms. The van der Waals surface area contributed by atoms with Crippen LogP contribution in [0.1, 0.15) is 61.6 Å². The molecule has 1 aromatic rings. The van der Waals surface area contributed by atoms with Gasteiger partial charge in [-0.1, -0.05) is 19.3 Å². The minimum atomic E-state index is -0.633. The third-order valence-electron chi connectivity index (χ3n) is 4.60. The quantitative estimate of drug-likeness (QED) is 0.905. The minimum absolute atomic E-state index is 0.495. The van der Waals surface area contributed by atoms with Crippen molar-refractivity contribution in [3.63, 3.8) is 0 Å². The van der Waals surface area contributed by atoms with Gasteiger partial charge in [0, 0.05) is 17.7 Å². The first-order valence-corrected chi connectivity index (χ1v) is 7.75. The second kappa shape index (κ2) is 4.65. The molecule has 0 unspecified atom stereocenters. The van der Waals surface area contributed by atoms with Gasteiger partial charge in [-0.3, -0.25) is 4.79 Å². The molecule has 0 atom stereocenters. The summed E-state index contributed by atoms with van der Waals surface area (Å²) >= 11 is 1.66. The highest BCUT2D eigenvalue weighted by Gasteiger charge is 2.45. The molecule has 0 aliphatic heterocycles. The smallest absolute Gasteiger partial charge is 0.310 e. The fourth-order valence-corrected chi connectivity index (χ4v) is 4.19. The van der Waals surface area contributed by atoms with Crippen molar-refractivity contribution in [2.45, 2.75) is 57.3 Å². The average Bonchev–Trinajstić information content (AvgIpc) is 2.93. The molecule has 2 aliphatic rings. The Bertz CT molecular complexity index is 444. The van der Waals surface area contributed by atoms with Gasteiger partial charge in [0.1, 0.15) is 0 Å². The Labute approximate surface area is 111 Å². The van der Waals surface area contributed by atoms with E-state index in [4.69, 9.17) is 4.98 Å². The number of carboxylic acids is 1. The summed E-state index contributed by atoms with van der Waals surface area (Å²) in [5.74, 6) is 0.00327. The third-order valence-corrected chi connectivity index (χ3v) is 5.46. The Balaban J connectivity index is 1.71. The lowest BCUT2D eigenvalue weighted by Crippen LogP contribution is -2.39. The molecule has 1 N–H and O–H groups in total. The number of nitrogens with zero attached hydrogens (tertiary/aromatic N) is 1.